The Morgan fingerprint density at radius 1 is 1.07 bits per heavy atom. The normalized spacial score (nSPS) is 10.5. The fraction of sp³-hybridized carbons (Fsp3) is 0.0909. The molecule has 0 bridgehead atoms. The number of hydrogen-bond donors (Lipinski definition) is 1. The van der Waals surface area contributed by atoms with Crippen molar-refractivity contribution in [2.45, 2.75) is 6.92 Å². The molecular formula is C22H18N6O. The number of nitrogens with two attached hydrogens (primary N) is 1. The molecule has 0 aliphatic heterocycles. The maximum absolute atomic E-state index is 9.56. The number of benzene rings is 2. The Morgan fingerprint density at radius 3 is 2.45 bits per heavy atom. The molecule has 0 saturated carbocycles. The Kier molecular flexibility index (Phi) is 4.67. The van der Waals surface area contributed by atoms with Crippen LogP contribution in [0.15, 0.2) is 60.7 Å². The topological polar surface area (TPSA) is 103 Å². The van der Waals surface area contributed by atoms with Crippen LogP contribution in [-0.2, 0) is 0 Å². The molecule has 142 valence electrons. The zero-order valence-corrected chi connectivity index (χ0v) is 16.0. The molecule has 4 aromatic rings. The van der Waals surface area contributed by atoms with Crippen LogP contribution in [0.3, 0.4) is 0 Å². The number of anilines is 1. The maximum Gasteiger partial charge on any atom is 0.142 e. The summed E-state index contributed by atoms with van der Waals surface area (Å²) in [6.45, 7) is 1.91. The first-order valence-corrected chi connectivity index (χ1v) is 8.95. The van der Waals surface area contributed by atoms with E-state index in [1.165, 1.54) is 0 Å². The first-order chi connectivity index (χ1) is 14.1. The van der Waals surface area contributed by atoms with Gasteiger partial charge in [0.1, 0.15) is 28.9 Å². The van der Waals surface area contributed by atoms with Gasteiger partial charge in [-0.15, -0.1) is 5.10 Å². The summed E-state index contributed by atoms with van der Waals surface area (Å²) in [7, 11) is 1.62. The molecule has 4 rings (SSSR count). The molecular weight excluding hydrogens is 364 g/mol. The van der Waals surface area contributed by atoms with Gasteiger partial charge in [0.25, 0.3) is 0 Å². The molecule has 7 heteroatoms. The molecule has 2 aromatic heterocycles. The van der Waals surface area contributed by atoms with E-state index < -0.39 is 0 Å². The van der Waals surface area contributed by atoms with Crippen LogP contribution in [0.2, 0.25) is 0 Å². The molecule has 29 heavy (non-hydrogen) atoms. The lowest BCUT2D eigenvalue weighted by Gasteiger charge is -2.09. The Hall–Kier alpha value is -4.18. The lowest BCUT2D eigenvalue weighted by atomic mass is 9.99. The number of rotatable bonds is 4. The van der Waals surface area contributed by atoms with Crippen molar-refractivity contribution < 1.29 is 4.74 Å². The highest BCUT2D eigenvalue weighted by Gasteiger charge is 2.18. The van der Waals surface area contributed by atoms with Crippen LogP contribution in [0, 0.1) is 18.3 Å². The summed E-state index contributed by atoms with van der Waals surface area (Å²) in [4.78, 5) is 4.42. The van der Waals surface area contributed by atoms with Crippen LogP contribution >= 0.6 is 0 Å². The van der Waals surface area contributed by atoms with E-state index in [1.54, 1.807) is 11.8 Å². The summed E-state index contributed by atoms with van der Waals surface area (Å²) < 4.78 is 6.93. The summed E-state index contributed by atoms with van der Waals surface area (Å²) in [5, 5.41) is 18.1. The monoisotopic (exact) mass is 382 g/mol. The smallest absolute Gasteiger partial charge is 0.142 e. The van der Waals surface area contributed by atoms with Crippen molar-refractivity contribution in [1.82, 2.24) is 20.0 Å². The van der Waals surface area contributed by atoms with Gasteiger partial charge in [-0.1, -0.05) is 35.5 Å². The number of nitrogens with zero attached hydrogens (tertiary/aromatic N) is 5. The highest BCUT2D eigenvalue weighted by Crippen LogP contribution is 2.31. The third kappa shape index (κ3) is 3.28. The van der Waals surface area contributed by atoms with Crippen LogP contribution in [-0.4, -0.2) is 27.1 Å². The number of pyridine rings is 1. The van der Waals surface area contributed by atoms with Crippen LogP contribution in [0.25, 0.3) is 28.2 Å². The van der Waals surface area contributed by atoms with Gasteiger partial charge in [0.15, 0.2) is 0 Å². The third-order valence-corrected chi connectivity index (χ3v) is 4.70. The van der Waals surface area contributed by atoms with Gasteiger partial charge < -0.3 is 10.5 Å². The lowest BCUT2D eigenvalue weighted by Crippen LogP contribution is -2.01. The van der Waals surface area contributed by atoms with Crippen LogP contribution in [0.5, 0.6) is 5.75 Å². The van der Waals surface area contributed by atoms with Gasteiger partial charge in [0.05, 0.1) is 24.2 Å². The number of nitrogen functional groups attached to an aromatic ring is 1. The first-order valence-electron chi connectivity index (χ1n) is 8.95. The first kappa shape index (κ1) is 18.2. The predicted octanol–water partition coefficient (Wildman–Crippen LogP) is 3.77. The molecule has 0 unspecified atom stereocenters. The van der Waals surface area contributed by atoms with E-state index in [0.717, 1.165) is 22.7 Å². The molecule has 0 amide bonds. The third-order valence-electron chi connectivity index (χ3n) is 4.70. The van der Waals surface area contributed by atoms with Crippen molar-refractivity contribution in [3.05, 3.63) is 71.9 Å². The van der Waals surface area contributed by atoms with Gasteiger partial charge in [-0.2, -0.15) is 5.26 Å². The minimum absolute atomic E-state index is 0.169. The average Bonchev–Trinajstić information content (AvgIpc) is 3.15. The van der Waals surface area contributed by atoms with Gasteiger partial charge in [-0.05, 0) is 42.8 Å². The standard InChI is InChI=1S/C22H18N6O/c1-14-21(26-27-28(14)16-8-10-17(29-2)11-9-16)20-12-18(15-6-4-3-5-7-15)19(13-23)22(24)25-20/h3-12H,1-2H3,(H2,24,25). The molecule has 0 spiro atoms. The molecule has 0 aliphatic rings. The van der Waals surface area contributed by atoms with Gasteiger partial charge in [-0.25, -0.2) is 9.67 Å². The average molecular weight is 382 g/mol. The number of methoxy groups -OCH3 is 1. The van der Waals surface area contributed by atoms with Crippen molar-refractivity contribution in [3.63, 3.8) is 0 Å². The van der Waals surface area contributed by atoms with Crippen LogP contribution < -0.4 is 10.5 Å². The van der Waals surface area contributed by atoms with E-state index in [-0.39, 0.29) is 5.82 Å². The van der Waals surface area contributed by atoms with Crippen molar-refractivity contribution in [1.29, 1.82) is 5.26 Å². The van der Waals surface area contributed by atoms with E-state index in [1.807, 2.05) is 67.6 Å². The number of ether oxygens (including phenoxy) is 1. The zero-order chi connectivity index (χ0) is 20.4. The van der Waals surface area contributed by atoms with Crippen molar-refractivity contribution in [2.75, 3.05) is 12.8 Å². The second-order valence-corrected chi connectivity index (χ2v) is 6.43. The largest absolute Gasteiger partial charge is 0.497 e. The Bertz CT molecular complexity index is 1210. The van der Waals surface area contributed by atoms with Gasteiger partial charge in [0, 0.05) is 5.56 Å². The molecule has 0 atom stereocenters. The molecule has 2 heterocycles. The SMILES string of the molecule is COc1ccc(-n2nnc(-c3cc(-c4ccccc4)c(C#N)c(N)n3)c2C)cc1. The summed E-state index contributed by atoms with van der Waals surface area (Å²) in [6, 6.07) is 21.1. The molecule has 2 aromatic carbocycles. The van der Waals surface area contributed by atoms with Crippen molar-refractivity contribution >= 4 is 5.82 Å². The van der Waals surface area contributed by atoms with E-state index in [0.29, 0.717) is 22.5 Å². The minimum atomic E-state index is 0.169. The summed E-state index contributed by atoms with van der Waals surface area (Å²) in [6.07, 6.45) is 0. The fourth-order valence-electron chi connectivity index (χ4n) is 3.18. The second-order valence-electron chi connectivity index (χ2n) is 6.43. The van der Waals surface area contributed by atoms with E-state index in [4.69, 9.17) is 10.5 Å². The minimum Gasteiger partial charge on any atom is -0.497 e. The molecule has 0 saturated heterocycles. The summed E-state index contributed by atoms with van der Waals surface area (Å²) >= 11 is 0. The van der Waals surface area contributed by atoms with Gasteiger partial charge in [0.2, 0.25) is 0 Å². The lowest BCUT2D eigenvalue weighted by molar-refractivity contribution is 0.414. The number of nitriles is 1. The number of hydrogen-bond acceptors (Lipinski definition) is 6. The quantitative estimate of drug-likeness (QED) is 0.576. The van der Waals surface area contributed by atoms with E-state index >= 15 is 0 Å². The van der Waals surface area contributed by atoms with E-state index in [9.17, 15) is 5.26 Å². The Labute approximate surface area is 168 Å². The second kappa shape index (κ2) is 7.44. The Morgan fingerprint density at radius 2 is 1.79 bits per heavy atom. The van der Waals surface area contributed by atoms with Gasteiger partial charge >= 0.3 is 0 Å². The van der Waals surface area contributed by atoms with Crippen molar-refractivity contribution in [3.8, 4) is 40.0 Å². The molecule has 0 aliphatic carbocycles. The highest BCUT2D eigenvalue weighted by atomic mass is 16.5. The van der Waals surface area contributed by atoms with Crippen LogP contribution in [0.4, 0.5) is 5.82 Å². The van der Waals surface area contributed by atoms with E-state index in [2.05, 4.69) is 21.4 Å². The summed E-state index contributed by atoms with van der Waals surface area (Å²) in [5.74, 6) is 0.933. The predicted molar refractivity (Wildman–Crippen MR) is 110 cm³/mol. The van der Waals surface area contributed by atoms with Gasteiger partial charge in [-0.3, -0.25) is 0 Å². The molecule has 2 N–H and O–H groups in total. The zero-order valence-electron chi connectivity index (χ0n) is 16.0. The molecule has 0 fully saturated rings. The Balaban J connectivity index is 1.83. The maximum atomic E-state index is 9.56. The summed E-state index contributed by atoms with van der Waals surface area (Å²) in [5.41, 5.74) is 10.9. The molecule has 7 nitrogen and oxygen atoms in total. The van der Waals surface area contributed by atoms with Crippen molar-refractivity contribution in [2.24, 2.45) is 0 Å². The number of aromatic nitrogens is 4. The van der Waals surface area contributed by atoms with Crippen LogP contribution in [0.1, 0.15) is 11.3 Å². The highest BCUT2D eigenvalue weighted by molar-refractivity contribution is 5.79. The fourth-order valence-corrected chi connectivity index (χ4v) is 3.18. The molecule has 0 radical (unpaired) electrons.